The van der Waals surface area contributed by atoms with E-state index < -0.39 is 0 Å². The molecule has 0 unspecified atom stereocenters. The molecular weight excluding hydrogens is 342 g/mol. The van der Waals surface area contributed by atoms with Gasteiger partial charge in [0.2, 0.25) is 0 Å². The summed E-state index contributed by atoms with van der Waals surface area (Å²) in [5.41, 5.74) is 5.03. The number of pyridine rings is 1. The van der Waals surface area contributed by atoms with Gasteiger partial charge in [0.15, 0.2) is 0 Å². The maximum atomic E-state index is 11.5. The highest BCUT2D eigenvalue weighted by atomic mass is 16.3. The normalized spacial score (nSPS) is 10.9. The highest BCUT2D eigenvalue weighted by molar-refractivity contribution is 5.94. The standard InChI is InChI=1S/C20H15N5O2/c1-10-3-4-17(26)11(2)19(10)15-9-22-20-13(14(15)7-21)6-16(24-20)12-5-18(27)25-23-8-12/h3-6,8-9,26H,1-2H3,(H,22,24)(H,25,27). The Hall–Kier alpha value is -3.92. The summed E-state index contributed by atoms with van der Waals surface area (Å²) in [5.74, 6) is 0.170. The number of aromatic amines is 2. The smallest absolute Gasteiger partial charge is 0.264 e. The molecule has 0 fully saturated rings. The molecule has 132 valence electrons. The van der Waals surface area contributed by atoms with Gasteiger partial charge in [-0.05, 0) is 42.7 Å². The zero-order chi connectivity index (χ0) is 19.1. The minimum atomic E-state index is -0.314. The minimum absolute atomic E-state index is 0.170. The summed E-state index contributed by atoms with van der Waals surface area (Å²) in [5, 5.41) is 26.7. The van der Waals surface area contributed by atoms with E-state index in [-0.39, 0.29) is 11.3 Å². The van der Waals surface area contributed by atoms with Gasteiger partial charge in [0.25, 0.3) is 5.56 Å². The second-order valence-electron chi connectivity index (χ2n) is 6.34. The number of nitrogens with one attached hydrogen (secondary N) is 2. The maximum Gasteiger partial charge on any atom is 0.264 e. The number of benzene rings is 1. The van der Waals surface area contributed by atoms with Gasteiger partial charge in [-0.25, -0.2) is 10.1 Å². The Kier molecular flexibility index (Phi) is 3.74. The Labute approximate surface area is 154 Å². The van der Waals surface area contributed by atoms with Crippen LogP contribution in [0.3, 0.4) is 0 Å². The number of hydrogen-bond acceptors (Lipinski definition) is 5. The molecule has 7 nitrogen and oxygen atoms in total. The number of aryl methyl sites for hydroxylation is 1. The Morgan fingerprint density at radius 3 is 2.74 bits per heavy atom. The second kappa shape index (κ2) is 6.11. The zero-order valence-electron chi connectivity index (χ0n) is 14.7. The van der Waals surface area contributed by atoms with Crippen molar-refractivity contribution in [3.05, 3.63) is 63.7 Å². The molecule has 0 atom stereocenters. The Bertz CT molecular complexity index is 1290. The molecule has 1 aromatic carbocycles. The lowest BCUT2D eigenvalue weighted by atomic mass is 9.92. The Balaban J connectivity index is 2.00. The number of nitriles is 1. The number of hydrogen-bond donors (Lipinski definition) is 3. The first kappa shape index (κ1) is 16.5. The van der Waals surface area contributed by atoms with E-state index >= 15 is 0 Å². The molecular formula is C20H15N5O2. The van der Waals surface area contributed by atoms with E-state index in [9.17, 15) is 15.2 Å². The lowest BCUT2D eigenvalue weighted by molar-refractivity contribution is 0.471. The predicted octanol–water partition coefficient (Wildman–Crippen LogP) is 3.17. The highest BCUT2D eigenvalue weighted by Crippen LogP contribution is 2.37. The summed E-state index contributed by atoms with van der Waals surface area (Å²) < 4.78 is 0. The first-order chi connectivity index (χ1) is 13.0. The van der Waals surface area contributed by atoms with Gasteiger partial charge in [-0.15, -0.1) is 0 Å². The molecule has 4 aromatic rings. The number of H-pyrrole nitrogens is 2. The molecule has 0 bridgehead atoms. The molecule has 0 aliphatic carbocycles. The van der Waals surface area contributed by atoms with E-state index in [1.165, 1.54) is 12.3 Å². The number of aromatic hydroxyl groups is 1. The molecule has 3 N–H and O–H groups in total. The molecule has 0 saturated carbocycles. The molecule has 27 heavy (non-hydrogen) atoms. The van der Waals surface area contributed by atoms with Crippen LogP contribution in [-0.2, 0) is 0 Å². The fourth-order valence-corrected chi connectivity index (χ4v) is 3.31. The van der Waals surface area contributed by atoms with Crippen molar-refractivity contribution < 1.29 is 5.11 Å². The van der Waals surface area contributed by atoms with Gasteiger partial charge in [-0.3, -0.25) is 4.79 Å². The quantitative estimate of drug-likeness (QED) is 0.509. The molecule has 0 spiro atoms. The largest absolute Gasteiger partial charge is 0.508 e. The third-order valence-corrected chi connectivity index (χ3v) is 4.66. The van der Waals surface area contributed by atoms with Gasteiger partial charge < -0.3 is 10.1 Å². The van der Waals surface area contributed by atoms with Gasteiger partial charge in [0.1, 0.15) is 17.5 Å². The van der Waals surface area contributed by atoms with E-state index in [2.05, 4.69) is 26.2 Å². The number of phenols is 1. The lowest BCUT2D eigenvalue weighted by Gasteiger charge is -2.13. The fraction of sp³-hybridized carbons (Fsp3) is 0.100. The van der Waals surface area contributed by atoms with E-state index in [4.69, 9.17) is 0 Å². The molecule has 0 radical (unpaired) electrons. The van der Waals surface area contributed by atoms with Crippen molar-refractivity contribution in [3.63, 3.8) is 0 Å². The molecule has 0 aliphatic heterocycles. The fourth-order valence-electron chi connectivity index (χ4n) is 3.31. The van der Waals surface area contributed by atoms with Crippen molar-refractivity contribution in [1.29, 1.82) is 5.26 Å². The van der Waals surface area contributed by atoms with Crippen LogP contribution in [0, 0.1) is 25.2 Å². The summed E-state index contributed by atoms with van der Waals surface area (Å²) in [6.07, 6.45) is 3.16. The summed E-state index contributed by atoms with van der Waals surface area (Å²) in [4.78, 5) is 19.1. The van der Waals surface area contributed by atoms with Crippen molar-refractivity contribution in [1.82, 2.24) is 20.2 Å². The van der Waals surface area contributed by atoms with Crippen LogP contribution >= 0.6 is 0 Å². The van der Waals surface area contributed by atoms with E-state index in [0.717, 1.165) is 11.1 Å². The maximum absolute atomic E-state index is 11.5. The number of fused-ring (bicyclic) bond motifs is 1. The van der Waals surface area contributed by atoms with E-state index in [0.29, 0.717) is 39.0 Å². The van der Waals surface area contributed by atoms with Crippen LogP contribution in [0.4, 0.5) is 0 Å². The molecule has 0 amide bonds. The van der Waals surface area contributed by atoms with Gasteiger partial charge in [-0.1, -0.05) is 6.07 Å². The SMILES string of the molecule is Cc1ccc(O)c(C)c1-c1cnc2[nH]c(-c3cn[nH]c(=O)c3)cc2c1C#N. The van der Waals surface area contributed by atoms with Crippen LogP contribution < -0.4 is 5.56 Å². The molecule has 3 aromatic heterocycles. The lowest BCUT2D eigenvalue weighted by Crippen LogP contribution is -2.05. The summed E-state index contributed by atoms with van der Waals surface area (Å²) in [6, 6.07) is 8.93. The van der Waals surface area contributed by atoms with Crippen LogP contribution in [0.1, 0.15) is 16.7 Å². The average Bonchev–Trinajstić information content (AvgIpc) is 3.09. The molecule has 0 saturated heterocycles. The van der Waals surface area contributed by atoms with Crippen molar-refractivity contribution in [3.8, 4) is 34.2 Å². The van der Waals surface area contributed by atoms with Crippen molar-refractivity contribution in [2.24, 2.45) is 0 Å². The molecule has 4 rings (SSSR count). The monoisotopic (exact) mass is 357 g/mol. The van der Waals surface area contributed by atoms with Gasteiger partial charge >= 0.3 is 0 Å². The van der Waals surface area contributed by atoms with Crippen LogP contribution in [0.5, 0.6) is 5.75 Å². The summed E-state index contributed by atoms with van der Waals surface area (Å²) in [6.45, 7) is 3.74. The van der Waals surface area contributed by atoms with Crippen LogP contribution in [-0.4, -0.2) is 25.3 Å². The third-order valence-electron chi connectivity index (χ3n) is 4.66. The number of phenolic OH excluding ortho intramolecular Hbond substituents is 1. The molecule has 7 heteroatoms. The van der Waals surface area contributed by atoms with E-state index in [1.54, 1.807) is 18.3 Å². The number of rotatable bonds is 2. The van der Waals surface area contributed by atoms with Gasteiger partial charge in [-0.2, -0.15) is 10.4 Å². The minimum Gasteiger partial charge on any atom is -0.508 e. The first-order valence-corrected chi connectivity index (χ1v) is 8.26. The Morgan fingerprint density at radius 2 is 2.00 bits per heavy atom. The van der Waals surface area contributed by atoms with Gasteiger partial charge in [0.05, 0.1) is 11.8 Å². The van der Waals surface area contributed by atoms with Crippen molar-refractivity contribution >= 4 is 11.0 Å². The second-order valence-corrected chi connectivity index (χ2v) is 6.34. The van der Waals surface area contributed by atoms with Crippen LogP contribution in [0.15, 0.2) is 41.5 Å². The highest BCUT2D eigenvalue weighted by Gasteiger charge is 2.18. The van der Waals surface area contributed by atoms with Crippen LogP contribution in [0.2, 0.25) is 0 Å². The summed E-state index contributed by atoms with van der Waals surface area (Å²) >= 11 is 0. The molecule has 3 heterocycles. The third kappa shape index (κ3) is 2.64. The van der Waals surface area contributed by atoms with E-state index in [1.807, 2.05) is 19.9 Å². The number of nitrogens with zero attached hydrogens (tertiary/aromatic N) is 3. The predicted molar refractivity (Wildman–Crippen MR) is 101 cm³/mol. The van der Waals surface area contributed by atoms with Crippen molar-refractivity contribution in [2.75, 3.05) is 0 Å². The number of aromatic nitrogens is 4. The topological polar surface area (TPSA) is 118 Å². The van der Waals surface area contributed by atoms with Gasteiger partial charge in [0, 0.05) is 34.5 Å². The molecule has 0 aliphatic rings. The first-order valence-electron chi connectivity index (χ1n) is 8.26. The average molecular weight is 357 g/mol. The van der Waals surface area contributed by atoms with Crippen molar-refractivity contribution in [2.45, 2.75) is 13.8 Å². The Morgan fingerprint density at radius 1 is 1.19 bits per heavy atom. The summed E-state index contributed by atoms with van der Waals surface area (Å²) in [7, 11) is 0. The van der Waals surface area contributed by atoms with Crippen LogP contribution in [0.25, 0.3) is 33.4 Å². The zero-order valence-corrected chi connectivity index (χ0v) is 14.7.